The fourth-order valence-corrected chi connectivity index (χ4v) is 41.9. The van der Waals surface area contributed by atoms with E-state index in [1.807, 2.05) is 0 Å². The second-order valence-electron chi connectivity index (χ2n) is 21.1. The van der Waals surface area contributed by atoms with Crippen LogP contribution in [0.1, 0.15) is 145 Å². The number of hydrogen-bond acceptors (Lipinski definition) is 0. The number of rotatable bonds is 9. The summed E-state index contributed by atoms with van der Waals surface area (Å²) in [4.78, 5) is 0. The van der Waals surface area contributed by atoms with Gasteiger partial charge in [0.05, 0.1) is 0 Å². The average molecular weight is 884 g/mol. The van der Waals surface area contributed by atoms with E-state index in [-0.39, 0.29) is 18.1 Å². The normalized spacial score (nSPS) is 18.0. The Morgan fingerprint density at radius 1 is 0.554 bits per heavy atom. The van der Waals surface area contributed by atoms with Crippen molar-refractivity contribution < 1.29 is 15.6 Å². The summed E-state index contributed by atoms with van der Waals surface area (Å²) in [6.07, 6.45) is 7.17. The Bertz CT molecular complexity index is 2060. The fourth-order valence-electron chi connectivity index (χ4n) is 10.6. The third-order valence-electron chi connectivity index (χ3n) is 12.7. The molecular formula is C52H69Cl2SiZr. The second kappa shape index (κ2) is 15.3. The first kappa shape index (κ1) is 43.6. The van der Waals surface area contributed by atoms with Gasteiger partial charge in [0.2, 0.25) is 0 Å². The number of halogens is 2. The molecule has 0 saturated carbocycles. The van der Waals surface area contributed by atoms with Crippen LogP contribution in [0.2, 0.25) is 13.1 Å². The van der Waals surface area contributed by atoms with E-state index in [1.54, 1.807) is 0 Å². The second-order valence-corrected chi connectivity index (χ2v) is 63.6. The van der Waals surface area contributed by atoms with Gasteiger partial charge in [-0.15, -0.1) is 0 Å². The van der Waals surface area contributed by atoms with Gasteiger partial charge >= 0.3 is 353 Å². The summed E-state index contributed by atoms with van der Waals surface area (Å²) in [7, 11) is 18.1. The molecule has 0 nitrogen and oxygen atoms in total. The minimum absolute atomic E-state index is 0.0359. The van der Waals surface area contributed by atoms with Crippen molar-refractivity contribution in [3.63, 3.8) is 0 Å². The molecule has 0 aromatic heterocycles. The summed E-state index contributed by atoms with van der Waals surface area (Å²) in [6, 6.07) is 24.0. The van der Waals surface area contributed by atoms with Gasteiger partial charge in [-0.05, 0) is 0 Å². The van der Waals surface area contributed by atoms with Crippen LogP contribution in [0.15, 0.2) is 71.8 Å². The fraction of sp³-hybridized carbons (Fsp3) is 0.462. The Balaban J connectivity index is 1.72. The van der Waals surface area contributed by atoms with E-state index < -0.39 is 21.5 Å². The first-order valence-electron chi connectivity index (χ1n) is 21.3. The molecule has 299 valence electrons. The Morgan fingerprint density at radius 3 is 1.14 bits per heavy atom. The van der Waals surface area contributed by atoms with Gasteiger partial charge in [0.15, 0.2) is 0 Å². The van der Waals surface area contributed by atoms with Crippen LogP contribution in [0.5, 0.6) is 0 Å². The summed E-state index contributed by atoms with van der Waals surface area (Å²) in [5, 5.41) is 0. The first-order valence-corrected chi connectivity index (χ1v) is 37.6. The predicted octanol–water partition coefficient (Wildman–Crippen LogP) is 16.5. The van der Waals surface area contributed by atoms with Gasteiger partial charge < -0.3 is 0 Å². The van der Waals surface area contributed by atoms with Crippen molar-refractivity contribution in [2.24, 2.45) is 11.8 Å². The topological polar surface area (TPSA) is 0 Å². The van der Waals surface area contributed by atoms with E-state index in [0.29, 0.717) is 11.8 Å². The Kier molecular flexibility index (Phi) is 11.9. The quantitative estimate of drug-likeness (QED) is 0.147. The zero-order chi connectivity index (χ0) is 41.5. The summed E-state index contributed by atoms with van der Waals surface area (Å²) >= 11 is -5.07. The van der Waals surface area contributed by atoms with Gasteiger partial charge in [-0.2, -0.15) is 0 Å². The Labute approximate surface area is 350 Å². The monoisotopic (exact) mass is 881 g/mol. The summed E-state index contributed by atoms with van der Waals surface area (Å²) in [6.45, 7) is 37.6. The molecule has 0 saturated heterocycles. The molecule has 0 bridgehead atoms. The van der Waals surface area contributed by atoms with Gasteiger partial charge in [0.1, 0.15) is 0 Å². The third-order valence-corrected chi connectivity index (χ3v) is 64.6. The van der Waals surface area contributed by atoms with Crippen LogP contribution in [0, 0.1) is 39.5 Å². The van der Waals surface area contributed by atoms with E-state index in [2.05, 4.69) is 183 Å². The third kappa shape index (κ3) is 7.78. The molecular weight excluding hydrogens is 815 g/mol. The minimum atomic E-state index is -5.07. The van der Waals surface area contributed by atoms with Crippen molar-refractivity contribution in [1.29, 1.82) is 0 Å². The van der Waals surface area contributed by atoms with Crippen molar-refractivity contribution in [3.8, 4) is 22.3 Å². The van der Waals surface area contributed by atoms with Gasteiger partial charge in [-0.3, -0.25) is 0 Å². The van der Waals surface area contributed by atoms with Gasteiger partial charge in [-0.25, -0.2) is 0 Å². The molecule has 2 atom stereocenters. The van der Waals surface area contributed by atoms with Gasteiger partial charge in [-0.1, -0.05) is 0 Å². The van der Waals surface area contributed by atoms with Crippen molar-refractivity contribution in [2.75, 3.05) is 0 Å². The van der Waals surface area contributed by atoms with Gasteiger partial charge in [0, 0.05) is 0 Å². The zero-order valence-electron chi connectivity index (χ0n) is 37.5. The van der Waals surface area contributed by atoms with Crippen LogP contribution in [0.3, 0.4) is 0 Å². The maximum absolute atomic E-state index is 9.07. The first-order chi connectivity index (χ1) is 25.8. The van der Waals surface area contributed by atoms with Crippen LogP contribution in [0.4, 0.5) is 0 Å². The molecule has 4 aromatic rings. The molecule has 0 spiro atoms. The molecule has 4 aromatic carbocycles. The molecule has 0 heterocycles. The molecule has 2 aliphatic rings. The number of fused-ring (bicyclic) bond motifs is 2. The van der Waals surface area contributed by atoms with Crippen molar-refractivity contribution >= 4 is 35.1 Å². The number of allylic oxidation sites excluding steroid dienone is 2. The maximum atomic E-state index is 9.07. The van der Waals surface area contributed by atoms with Gasteiger partial charge in [0.25, 0.3) is 0 Å². The van der Waals surface area contributed by atoms with Crippen LogP contribution in [-0.2, 0) is 26.4 Å². The van der Waals surface area contributed by atoms with E-state index >= 15 is 0 Å². The molecule has 56 heavy (non-hydrogen) atoms. The van der Waals surface area contributed by atoms with E-state index in [0.717, 1.165) is 12.8 Å². The number of aryl methyl sites for hydroxylation is 4. The molecule has 2 unspecified atom stereocenters. The summed E-state index contributed by atoms with van der Waals surface area (Å²) in [5.41, 5.74) is 21.7. The summed E-state index contributed by atoms with van der Waals surface area (Å²) in [5.74, 6) is -0.782. The van der Waals surface area contributed by atoms with Crippen LogP contribution < -0.4 is 0 Å². The van der Waals surface area contributed by atoms with E-state index in [9.17, 15) is 0 Å². The standard InChI is InChI=1S/2C25H31.C2H7Si.2ClH.Zr/c2*1-16(2)10-19-14-20-8-9-23(25(5,6)7)24(22(20)15-19)21-12-17(3)11-18(4)13-21;1-3-2;;;/h2*8-9,11-16H,10H2,1-7H3;3H,1-2H3;2*1H;/q;;;;;+2/p-2. The number of hydrogen-bond donors (Lipinski definition) is 0. The molecule has 0 N–H and O–H groups in total. The molecule has 4 heteroatoms. The molecule has 0 aliphatic heterocycles. The Hall–Kier alpha value is -1.96. The predicted molar refractivity (Wildman–Crippen MR) is 251 cm³/mol. The molecule has 2 aliphatic carbocycles. The Morgan fingerprint density at radius 2 is 0.875 bits per heavy atom. The van der Waals surface area contributed by atoms with Crippen molar-refractivity contribution in [3.05, 3.63) is 127 Å². The van der Waals surface area contributed by atoms with E-state index in [1.165, 1.54) is 89.0 Å². The van der Waals surface area contributed by atoms with Crippen LogP contribution in [-0.4, -0.2) is 5.92 Å². The molecule has 6 rings (SSSR count). The van der Waals surface area contributed by atoms with Crippen LogP contribution in [0.25, 0.3) is 34.4 Å². The molecule has 0 amide bonds. The molecule has 0 fully saturated rings. The van der Waals surface area contributed by atoms with Crippen molar-refractivity contribution in [2.45, 2.75) is 141 Å². The van der Waals surface area contributed by atoms with E-state index in [4.69, 9.17) is 17.0 Å². The van der Waals surface area contributed by atoms with Crippen molar-refractivity contribution in [1.82, 2.24) is 0 Å². The number of benzene rings is 4. The SMILES string of the molecule is Cc1cc(C)cc(-c2c(C(C)(C)C)ccc3c2C=C(CC(C)C)[CH]3[Zr]([Cl])([Cl])([CH]2C(CC(C)C)=Cc3c2ccc(C(C)(C)C)c3-c2cc(C)cc(C)c2)[SiH](C)C)c1. The zero-order valence-corrected chi connectivity index (χ0v) is 42.6. The molecule has 0 radical (unpaired) electrons. The van der Waals surface area contributed by atoms with Crippen LogP contribution >= 0.6 is 17.0 Å². The summed E-state index contributed by atoms with van der Waals surface area (Å²) < 4.78 is 0.113. The average Bonchev–Trinajstić information content (AvgIpc) is 3.60.